The molecule has 5 aromatic rings. The number of carbonyl (C=O) groups is 1. The molecule has 3 heterocycles. The van der Waals surface area contributed by atoms with Gasteiger partial charge in [0.25, 0.3) is 0 Å². The van der Waals surface area contributed by atoms with Gasteiger partial charge in [-0.1, -0.05) is 97.1 Å². The number of unbranched alkanes of at least 4 members (excludes halogenated alkanes) is 1. The number of nitrogen functional groups attached to an aromatic ring is 1. The predicted octanol–water partition coefficient (Wildman–Crippen LogP) is 7.44. The molecule has 8 rings (SSSR count). The van der Waals surface area contributed by atoms with Crippen LogP contribution in [0.15, 0.2) is 109 Å². The molecule has 2 unspecified atom stereocenters. The van der Waals surface area contributed by atoms with E-state index in [1.807, 2.05) is 61.2 Å². The number of nitrogens with two attached hydrogens (primary N) is 1. The second-order valence-corrected chi connectivity index (χ2v) is 14.7. The Balaban J connectivity index is 1.16. The number of anilines is 1. The zero-order chi connectivity index (χ0) is 35.0. The minimum absolute atomic E-state index is 0.0132. The lowest BCUT2D eigenvalue weighted by molar-refractivity contribution is -0.159. The van der Waals surface area contributed by atoms with Crippen molar-refractivity contribution in [2.24, 2.45) is 0 Å². The Morgan fingerprint density at radius 2 is 1.59 bits per heavy atom. The largest absolute Gasteiger partial charge is 0.382 e. The van der Waals surface area contributed by atoms with Crippen LogP contribution in [0.5, 0.6) is 0 Å². The minimum Gasteiger partial charge on any atom is -0.382 e. The monoisotopic (exact) mass is 685 g/mol. The highest BCUT2D eigenvalue weighted by Gasteiger charge is 2.72. The first kappa shape index (κ1) is 33.4. The smallest absolute Gasteiger partial charge is 0.321 e. The standard InChI is InChI=1S/C42H47N5O4/c1-41(2)50-37-36(25-29-14-6-3-7-15-29)46(27-31-20-21-35-33(24-31)39(43)45-44-35)40(48)47(22-12-13-23-49-28-30-16-8-4-9-17-30)42(38(37)51-41)26-34(42)32-18-10-5-11-19-32/h3-11,14-21,24,34,36-38H,12-13,22-23,25-28H2,1-2H3,(H3,43,44,45)/t34?,36-,37+,38-,42?/m1/s1. The Hall–Kier alpha value is -4.70. The topological polar surface area (TPSA) is 106 Å². The third kappa shape index (κ3) is 6.62. The summed E-state index contributed by atoms with van der Waals surface area (Å²) in [5.74, 6) is -0.238. The number of nitrogens with one attached hydrogen (secondary N) is 1. The van der Waals surface area contributed by atoms with Gasteiger partial charge in [0.15, 0.2) is 11.6 Å². The molecule has 4 aromatic carbocycles. The molecule has 1 aromatic heterocycles. The molecule has 1 saturated carbocycles. The van der Waals surface area contributed by atoms with Gasteiger partial charge in [-0.05, 0) is 73.9 Å². The van der Waals surface area contributed by atoms with Crippen LogP contribution in [0.4, 0.5) is 10.6 Å². The molecule has 2 amide bonds. The first-order valence-corrected chi connectivity index (χ1v) is 18.2. The summed E-state index contributed by atoms with van der Waals surface area (Å²) >= 11 is 0. The molecule has 0 radical (unpaired) electrons. The van der Waals surface area contributed by atoms with E-state index in [2.05, 4.69) is 81.8 Å². The summed E-state index contributed by atoms with van der Waals surface area (Å²) < 4.78 is 19.9. The van der Waals surface area contributed by atoms with Crippen molar-refractivity contribution in [2.75, 3.05) is 18.9 Å². The van der Waals surface area contributed by atoms with Crippen LogP contribution in [0.25, 0.3) is 10.9 Å². The fourth-order valence-corrected chi connectivity index (χ4v) is 8.42. The van der Waals surface area contributed by atoms with Crippen LogP contribution in [0, 0.1) is 0 Å². The van der Waals surface area contributed by atoms with Gasteiger partial charge in [-0.15, -0.1) is 0 Å². The average Bonchev–Trinajstić information content (AvgIpc) is 3.67. The van der Waals surface area contributed by atoms with Gasteiger partial charge < -0.3 is 29.7 Å². The first-order chi connectivity index (χ1) is 24.8. The summed E-state index contributed by atoms with van der Waals surface area (Å²) in [4.78, 5) is 19.6. The normalized spacial score (nSPS) is 25.3. The van der Waals surface area contributed by atoms with Crippen LogP contribution < -0.4 is 5.73 Å². The number of amides is 2. The zero-order valence-electron chi connectivity index (χ0n) is 29.4. The molecule has 2 aliphatic heterocycles. The van der Waals surface area contributed by atoms with Crippen molar-refractivity contribution in [2.45, 2.75) is 88.2 Å². The van der Waals surface area contributed by atoms with Crippen molar-refractivity contribution in [3.05, 3.63) is 131 Å². The number of urea groups is 1. The number of H-pyrrole nitrogens is 1. The highest BCUT2D eigenvalue weighted by atomic mass is 16.8. The van der Waals surface area contributed by atoms with Crippen molar-refractivity contribution in [1.82, 2.24) is 20.0 Å². The number of rotatable bonds is 12. The van der Waals surface area contributed by atoms with E-state index < -0.39 is 11.3 Å². The lowest BCUT2D eigenvalue weighted by Crippen LogP contribution is -2.53. The van der Waals surface area contributed by atoms with Gasteiger partial charge in [0, 0.05) is 31.0 Å². The molecule has 3 aliphatic rings. The van der Waals surface area contributed by atoms with Crippen LogP contribution >= 0.6 is 0 Å². The minimum atomic E-state index is -0.811. The van der Waals surface area contributed by atoms with Gasteiger partial charge in [0.1, 0.15) is 12.2 Å². The molecular weight excluding hydrogens is 638 g/mol. The van der Waals surface area contributed by atoms with Gasteiger partial charge in [-0.25, -0.2) is 4.79 Å². The van der Waals surface area contributed by atoms with Crippen molar-refractivity contribution >= 4 is 22.8 Å². The summed E-state index contributed by atoms with van der Waals surface area (Å²) in [5.41, 5.74) is 11.1. The summed E-state index contributed by atoms with van der Waals surface area (Å²) in [6.45, 7) is 6.19. The number of fused-ring (bicyclic) bond motifs is 3. The van der Waals surface area contributed by atoms with E-state index >= 15 is 4.79 Å². The number of ether oxygens (including phenoxy) is 3. The fraction of sp³-hybridized carbons (Fsp3) is 0.381. The molecule has 5 atom stereocenters. The third-order valence-electron chi connectivity index (χ3n) is 10.9. The van der Waals surface area contributed by atoms with Gasteiger partial charge in [0.2, 0.25) is 0 Å². The molecule has 51 heavy (non-hydrogen) atoms. The average molecular weight is 686 g/mol. The summed E-state index contributed by atoms with van der Waals surface area (Å²) in [7, 11) is 0. The SMILES string of the molecule is CC1(C)O[C@H]2[C@@H](Cc3ccccc3)N(Cc3ccc4[nH]nc(N)c4c3)C(=O)N(CCCCOCc3ccccc3)C3(CC3c3ccccc3)[C@@H]2O1. The first-order valence-electron chi connectivity index (χ1n) is 18.2. The zero-order valence-corrected chi connectivity index (χ0v) is 29.4. The number of carbonyl (C=O) groups excluding carboxylic acids is 1. The van der Waals surface area contributed by atoms with E-state index in [1.54, 1.807) is 0 Å². The van der Waals surface area contributed by atoms with Crippen LogP contribution in [-0.4, -0.2) is 68.8 Å². The molecule has 264 valence electrons. The lowest BCUT2D eigenvalue weighted by atomic mass is 9.90. The van der Waals surface area contributed by atoms with Gasteiger partial charge in [-0.3, -0.25) is 5.10 Å². The second-order valence-electron chi connectivity index (χ2n) is 14.7. The van der Waals surface area contributed by atoms with Crippen LogP contribution in [-0.2, 0) is 33.8 Å². The van der Waals surface area contributed by atoms with Gasteiger partial charge in [0.05, 0.1) is 23.7 Å². The predicted molar refractivity (Wildman–Crippen MR) is 198 cm³/mol. The summed E-state index contributed by atoms with van der Waals surface area (Å²) in [6.07, 6.45) is 2.43. The Morgan fingerprint density at radius 1 is 0.882 bits per heavy atom. The van der Waals surface area contributed by atoms with E-state index in [9.17, 15) is 0 Å². The number of aromatic nitrogens is 2. The van der Waals surface area contributed by atoms with E-state index in [0.29, 0.717) is 38.5 Å². The quantitative estimate of drug-likeness (QED) is 0.132. The lowest BCUT2D eigenvalue weighted by Gasteiger charge is -2.38. The van der Waals surface area contributed by atoms with E-state index in [1.165, 1.54) is 5.56 Å². The number of hydrogen-bond acceptors (Lipinski definition) is 6. The van der Waals surface area contributed by atoms with Crippen molar-refractivity contribution in [1.29, 1.82) is 0 Å². The maximum absolute atomic E-state index is 15.4. The van der Waals surface area contributed by atoms with Crippen LogP contribution in [0.2, 0.25) is 0 Å². The van der Waals surface area contributed by atoms with E-state index in [4.69, 9.17) is 19.9 Å². The molecule has 1 aliphatic carbocycles. The van der Waals surface area contributed by atoms with Gasteiger partial charge >= 0.3 is 6.03 Å². The second kappa shape index (κ2) is 13.8. The Morgan fingerprint density at radius 3 is 2.33 bits per heavy atom. The molecule has 9 heteroatoms. The highest BCUT2D eigenvalue weighted by molar-refractivity contribution is 5.89. The summed E-state index contributed by atoms with van der Waals surface area (Å²) in [5, 5.41) is 8.06. The highest BCUT2D eigenvalue weighted by Crippen LogP contribution is 2.63. The van der Waals surface area contributed by atoms with Crippen LogP contribution in [0.3, 0.4) is 0 Å². The number of nitrogens with zero attached hydrogens (tertiary/aromatic N) is 3. The van der Waals surface area contributed by atoms with E-state index in [-0.39, 0.29) is 30.2 Å². The Bertz CT molecular complexity index is 1950. The van der Waals surface area contributed by atoms with Crippen molar-refractivity contribution in [3.8, 4) is 0 Å². The number of benzene rings is 4. The third-order valence-corrected chi connectivity index (χ3v) is 10.9. The maximum atomic E-state index is 15.4. The van der Waals surface area contributed by atoms with E-state index in [0.717, 1.165) is 46.9 Å². The van der Waals surface area contributed by atoms with Crippen molar-refractivity contribution < 1.29 is 19.0 Å². The number of aromatic amines is 1. The molecule has 1 spiro atoms. The van der Waals surface area contributed by atoms with Gasteiger partial charge in [-0.2, -0.15) is 5.10 Å². The Kier molecular flexibility index (Phi) is 9.04. The number of hydrogen-bond donors (Lipinski definition) is 2. The molecular formula is C42H47N5O4. The molecule has 2 saturated heterocycles. The summed E-state index contributed by atoms with van der Waals surface area (Å²) in [6, 6.07) is 37.1. The van der Waals surface area contributed by atoms with Crippen LogP contribution in [0.1, 0.15) is 61.3 Å². The molecule has 3 N–H and O–H groups in total. The molecule has 3 fully saturated rings. The maximum Gasteiger partial charge on any atom is 0.321 e. The Labute approximate surface area is 299 Å². The fourth-order valence-electron chi connectivity index (χ4n) is 8.42. The molecule has 9 nitrogen and oxygen atoms in total. The van der Waals surface area contributed by atoms with Crippen molar-refractivity contribution in [3.63, 3.8) is 0 Å². The molecule has 0 bridgehead atoms.